The van der Waals surface area contributed by atoms with E-state index in [4.69, 9.17) is 5.11 Å². The van der Waals surface area contributed by atoms with Crippen LogP contribution in [-0.2, 0) is 9.59 Å². The molecule has 2 rings (SSSR count). The highest BCUT2D eigenvalue weighted by molar-refractivity contribution is 8.00. The second-order valence-corrected chi connectivity index (χ2v) is 5.90. The van der Waals surface area contributed by atoms with Gasteiger partial charge in [-0.1, -0.05) is 11.8 Å². The van der Waals surface area contributed by atoms with E-state index in [9.17, 15) is 9.59 Å². The third-order valence-electron chi connectivity index (χ3n) is 2.20. The number of amides is 1. The van der Waals surface area contributed by atoms with Crippen molar-refractivity contribution in [2.45, 2.75) is 10.1 Å². The number of nitrogens with one attached hydrogen (secondary N) is 2. The molecular formula is C12H12N4O3S2. The molecule has 1 heterocycles. The molecule has 0 radical (unpaired) electrons. The first kappa shape index (κ1) is 15.4. The highest BCUT2D eigenvalue weighted by Crippen LogP contribution is 2.25. The van der Waals surface area contributed by atoms with Crippen molar-refractivity contribution in [3.8, 4) is 0 Å². The van der Waals surface area contributed by atoms with Crippen LogP contribution in [0.5, 0.6) is 0 Å². The molecule has 21 heavy (non-hydrogen) atoms. The standard InChI is InChI=1S/C12H12N4O3S2/c17-10(5-20-6-11(18)19)15-8-1-3-9(4-2-8)21-12-13-7-14-16-12/h1-4,7H,5-6H2,(H,15,17)(H,18,19)(H,13,14,16). The van der Waals surface area contributed by atoms with Crippen LogP contribution in [0.15, 0.2) is 40.6 Å². The Labute approximate surface area is 128 Å². The lowest BCUT2D eigenvalue weighted by Gasteiger charge is -2.05. The van der Waals surface area contributed by atoms with Crippen LogP contribution in [-0.4, -0.2) is 43.7 Å². The number of carbonyl (C=O) groups excluding carboxylic acids is 1. The number of nitrogens with zero attached hydrogens (tertiary/aromatic N) is 2. The molecule has 0 fully saturated rings. The smallest absolute Gasteiger partial charge is 0.313 e. The van der Waals surface area contributed by atoms with Gasteiger partial charge in [0.1, 0.15) is 6.33 Å². The molecule has 0 aliphatic carbocycles. The van der Waals surface area contributed by atoms with Crippen molar-refractivity contribution in [1.82, 2.24) is 15.2 Å². The summed E-state index contributed by atoms with van der Waals surface area (Å²) in [5.41, 5.74) is 0.665. The normalized spacial score (nSPS) is 10.3. The van der Waals surface area contributed by atoms with Crippen molar-refractivity contribution >= 4 is 41.1 Å². The average Bonchev–Trinajstić information content (AvgIpc) is 2.93. The zero-order chi connectivity index (χ0) is 15.1. The molecule has 0 spiro atoms. The predicted molar refractivity (Wildman–Crippen MR) is 80.5 cm³/mol. The van der Waals surface area contributed by atoms with Crippen LogP contribution in [0.25, 0.3) is 0 Å². The summed E-state index contributed by atoms with van der Waals surface area (Å²) in [5.74, 6) is -1.13. The van der Waals surface area contributed by atoms with Gasteiger partial charge < -0.3 is 10.4 Å². The average molecular weight is 324 g/mol. The number of aromatic amines is 1. The number of thioether (sulfide) groups is 1. The van der Waals surface area contributed by atoms with Crippen LogP contribution in [0.1, 0.15) is 0 Å². The third kappa shape index (κ3) is 5.48. The number of hydrogen-bond donors (Lipinski definition) is 3. The van der Waals surface area contributed by atoms with E-state index in [1.54, 1.807) is 12.1 Å². The predicted octanol–water partition coefficient (Wildman–Crippen LogP) is 1.71. The molecule has 110 valence electrons. The quantitative estimate of drug-likeness (QED) is 0.711. The minimum absolute atomic E-state index is 0.0832. The maximum atomic E-state index is 11.6. The number of benzene rings is 1. The summed E-state index contributed by atoms with van der Waals surface area (Å²) in [5, 5.41) is 18.4. The minimum atomic E-state index is -0.929. The van der Waals surface area contributed by atoms with Crippen molar-refractivity contribution in [3.05, 3.63) is 30.6 Å². The number of carboxylic acid groups (broad SMARTS) is 1. The Balaban J connectivity index is 1.81. The van der Waals surface area contributed by atoms with E-state index in [0.717, 1.165) is 16.7 Å². The molecule has 0 saturated carbocycles. The molecule has 1 aromatic carbocycles. The van der Waals surface area contributed by atoms with E-state index < -0.39 is 5.97 Å². The van der Waals surface area contributed by atoms with Gasteiger partial charge in [0.25, 0.3) is 0 Å². The summed E-state index contributed by atoms with van der Waals surface area (Å²) in [4.78, 5) is 26.9. The lowest BCUT2D eigenvalue weighted by atomic mass is 10.3. The molecule has 0 saturated heterocycles. The Kier molecular flexibility index (Phi) is 5.64. The number of hydrogen-bond acceptors (Lipinski definition) is 6. The van der Waals surface area contributed by atoms with Gasteiger partial charge in [0, 0.05) is 10.6 Å². The SMILES string of the molecule is O=C(O)CSCC(=O)Nc1ccc(Sc2ncn[nH]2)cc1. The fraction of sp³-hybridized carbons (Fsp3) is 0.167. The maximum Gasteiger partial charge on any atom is 0.313 e. The number of aliphatic carboxylic acids is 1. The number of aromatic nitrogens is 3. The Bertz CT molecular complexity index is 601. The number of H-pyrrole nitrogens is 1. The first-order chi connectivity index (χ1) is 10.1. The first-order valence-corrected chi connectivity index (χ1v) is 7.83. The van der Waals surface area contributed by atoms with Crippen LogP contribution in [0.3, 0.4) is 0 Å². The molecule has 0 aliphatic rings. The van der Waals surface area contributed by atoms with Gasteiger partial charge in [-0.2, -0.15) is 5.10 Å². The van der Waals surface area contributed by atoms with Crippen molar-refractivity contribution < 1.29 is 14.7 Å². The van der Waals surface area contributed by atoms with Gasteiger partial charge in [-0.05, 0) is 24.3 Å². The summed E-state index contributed by atoms with van der Waals surface area (Å²) in [6, 6.07) is 7.26. The Morgan fingerprint density at radius 3 is 2.62 bits per heavy atom. The van der Waals surface area contributed by atoms with E-state index >= 15 is 0 Å². The van der Waals surface area contributed by atoms with Crippen LogP contribution in [0.2, 0.25) is 0 Å². The molecule has 7 nitrogen and oxygen atoms in total. The summed E-state index contributed by atoms with van der Waals surface area (Å²) in [6.45, 7) is 0. The zero-order valence-electron chi connectivity index (χ0n) is 10.8. The van der Waals surface area contributed by atoms with Crippen LogP contribution in [0.4, 0.5) is 5.69 Å². The summed E-state index contributed by atoms with van der Waals surface area (Å²) in [6.07, 6.45) is 1.44. The fourth-order valence-corrected chi connectivity index (χ4v) is 2.62. The van der Waals surface area contributed by atoms with E-state index in [-0.39, 0.29) is 17.4 Å². The fourth-order valence-electron chi connectivity index (χ4n) is 1.39. The lowest BCUT2D eigenvalue weighted by molar-refractivity contribution is -0.133. The molecule has 3 N–H and O–H groups in total. The monoisotopic (exact) mass is 324 g/mol. The highest BCUT2D eigenvalue weighted by Gasteiger charge is 2.05. The molecular weight excluding hydrogens is 312 g/mol. The van der Waals surface area contributed by atoms with Crippen LogP contribution < -0.4 is 5.32 Å². The number of anilines is 1. The van der Waals surface area contributed by atoms with Gasteiger partial charge in [-0.3, -0.25) is 14.7 Å². The van der Waals surface area contributed by atoms with Crippen LogP contribution in [0, 0.1) is 0 Å². The van der Waals surface area contributed by atoms with Gasteiger partial charge >= 0.3 is 5.97 Å². The van der Waals surface area contributed by atoms with Crippen molar-refractivity contribution in [2.24, 2.45) is 0 Å². The van der Waals surface area contributed by atoms with Crippen molar-refractivity contribution in [1.29, 1.82) is 0 Å². The minimum Gasteiger partial charge on any atom is -0.481 e. The zero-order valence-corrected chi connectivity index (χ0v) is 12.4. The van der Waals surface area contributed by atoms with Gasteiger partial charge in [0.15, 0.2) is 5.16 Å². The Morgan fingerprint density at radius 1 is 1.24 bits per heavy atom. The second-order valence-electron chi connectivity index (χ2n) is 3.85. The molecule has 0 aliphatic heterocycles. The molecule has 1 amide bonds. The molecule has 0 unspecified atom stereocenters. The number of rotatable bonds is 7. The van der Waals surface area contributed by atoms with Gasteiger partial charge in [-0.25, -0.2) is 4.98 Å². The second kappa shape index (κ2) is 7.70. The number of carbonyl (C=O) groups is 2. The molecule has 2 aromatic rings. The van der Waals surface area contributed by atoms with E-state index in [1.807, 2.05) is 12.1 Å². The largest absolute Gasteiger partial charge is 0.481 e. The lowest BCUT2D eigenvalue weighted by Crippen LogP contribution is -2.15. The van der Waals surface area contributed by atoms with Gasteiger partial charge in [-0.15, -0.1) is 11.8 Å². The summed E-state index contributed by atoms with van der Waals surface area (Å²) in [7, 11) is 0. The summed E-state index contributed by atoms with van der Waals surface area (Å²) < 4.78 is 0. The van der Waals surface area contributed by atoms with Crippen LogP contribution >= 0.6 is 23.5 Å². The highest BCUT2D eigenvalue weighted by atomic mass is 32.2. The van der Waals surface area contributed by atoms with Crippen molar-refractivity contribution in [2.75, 3.05) is 16.8 Å². The van der Waals surface area contributed by atoms with Crippen molar-refractivity contribution in [3.63, 3.8) is 0 Å². The summed E-state index contributed by atoms with van der Waals surface area (Å²) >= 11 is 2.49. The molecule has 1 aromatic heterocycles. The molecule has 9 heteroatoms. The van der Waals surface area contributed by atoms with Gasteiger partial charge in [0.2, 0.25) is 5.91 Å². The first-order valence-electron chi connectivity index (χ1n) is 5.86. The Hall–Kier alpha value is -2.00. The van der Waals surface area contributed by atoms with E-state index in [0.29, 0.717) is 10.8 Å². The van der Waals surface area contributed by atoms with E-state index in [1.165, 1.54) is 18.1 Å². The Morgan fingerprint density at radius 2 is 2.00 bits per heavy atom. The third-order valence-corrected chi connectivity index (χ3v) is 4.02. The topological polar surface area (TPSA) is 108 Å². The maximum absolute atomic E-state index is 11.6. The molecule has 0 atom stereocenters. The number of carboxylic acids is 1. The van der Waals surface area contributed by atoms with E-state index in [2.05, 4.69) is 20.5 Å². The molecule has 0 bridgehead atoms. The van der Waals surface area contributed by atoms with Gasteiger partial charge in [0.05, 0.1) is 11.5 Å².